The molecule has 4 rings (SSSR count). The molecule has 0 saturated carbocycles. The van der Waals surface area contributed by atoms with Crippen molar-refractivity contribution in [1.29, 1.82) is 0 Å². The van der Waals surface area contributed by atoms with Gasteiger partial charge < -0.3 is 10.3 Å². The quantitative estimate of drug-likeness (QED) is 0.577. The highest BCUT2D eigenvalue weighted by Crippen LogP contribution is 2.24. The highest BCUT2D eigenvalue weighted by molar-refractivity contribution is 5.98. The number of fused-ring (bicyclic) bond motifs is 2. The third-order valence-electron chi connectivity index (χ3n) is 3.71. The Balaban J connectivity index is 1.98. The van der Waals surface area contributed by atoms with E-state index in [1.54, 1.807) is 6.07 Å². The number of benzene rings is 1. The molecule has 0 saturated heterocycles. The molecule has 3 N–H and O–H groups in total. The second-order valence-electron chi connectivity index (χ2n) is 5.17. The molecule has 3 heterocycles. The van der Waals surface area contributed by atoms with Crippen molar-refractivity contribution in [2.75, 3.05) is 0 Å². The summed E-state index contributed by atoms with van der Waals surface area (Å²) in [6.45, 7) is 1.85. The van der Waals surface area contributed by atoms with Crippen molar-refractivity contribution < 1.29 is 9.32 Å². The first-order chi connectivity index (χ1) is 11.0. The molecule has 23 heavy (non-hydrogen) atoms. The summed E-state index contributed by atoms with van der Waals surface area (Å²) in [6, 6.07) is 6.80. The van der Waals surface area contributed by atoms with Crippen LogP contribution in [0.25, 0.3) is 27.9 Å². The van der Waals surface area contributed by atoms with Crippen LogP contribution in [0.1, 0.15) is 16.1 Å². The number of nitrogens with two attached hydrogens (primary N) is 1. The summed E-state index contributed by atoms with van der Waals surface area (Å²) in [5, 5.41) is 7.46. The summed E-state index contributed by atoms with van der Waals surface area (Å²) >= 11 is 0. The van der Waals surface area contributed by atoms with Crippen molar-refractivity contribution in [3.63, 3.8) is 0 Å². The van der Waals surface area contributed by atoms with Crippen molar-refractivity contribution >= 4 is 22.5 Å². The predicted molar refractivity (Wildman–Crippen MR) is 82.1 cm³/mol. The Morgan fingerprint density at radius 3 is 2.96 bits per heavy atom. The first-order valence-corrected chi connectivity index (χ1v) is 6.82. The average Bonchev–Trinajstić information content (AvgIpc) is 3.11. The Kier molecular flexibility index (Phi) is 2.61. The van der Waals surface area contributed by atoms with E-state index in [2.05, 4.69) is 15.2 Å². The molecule has 0 aliphatic rings. The number of aromatic nitrogens is 4. The molecule has 0 aliphatic carbocycles. The lowest BCUT2D eigenvalue weighted by molar-refractivity contribution is 0.100. The van der Waals surface area contributed by atoms with Crippen LogP contribution in [-0.2, 0) is 0 Å². The van der Waals surface area contributed by atoms with Crippen molar-refractivity contribution in [2.24, 2.45) is 5.73 Å². The highest BCUT2D eigenvalue weighted by Gasteiger charge is 2.14. The van der Waals surface area contributed by atoms with E-state index in [4.69, 9.17) is 10.3 Å². The third kappa shape index (κ3) is 1.92. The lowest BCUT2D eigenvalue weighted by atomic mass is 10.1. The van der Waals surface area contributed by atoms with E-state index >= 15 is 0 Å². The molecule has 0 bridgehead atoms. The third-order valence-corrected chi connectivity index (χ3v) is 3.71. The smallest absolute Gasteiger partial charge is 0.273 e. The summed E-state index contributed by atoms with van der Waals surface area (Å²) in [7, 11) is 0. The number of aromatic amines is 1. The molecule has 0 unspecified atom stereocenters. The second-order valence-corrected chi connectivity index (χ2v) is 5.17. The van der Waals surface area contributed by atoms with Crippen molar-refractivity contribution in [1.82, 2.24) is 19.8 Å². The van der Waals surface area contributed by atoms with Gasteiger partial charge in [-0.25, -0.2) is 9.50 Å². The molecule has 1 amide bonds. The molecule has 0 aliphatic heterocycles. The van der Waals surface area contributed by atoms with E-state index in [9.17, 15) is 9.59 Å². The maximum Gasteiger partial charge on any atom is 0.273 e. The fourth-order valence-electron chi connectivity index (χ4n) is 2.53. The number of hydrogen-bond donors (Lipinski definition) is 2. The number of aryl methyl sites for hydroxylation is 1. The van der Waals surface area contributed by atoms with Gasteiger partial charge in [-0.3, -0.25) is 14.7 Å². The van der Waals surface area contributed by atoms with Gasteiger partial charge in [0.1, 0.15) is 5.56 Å². The number of carbonyl (C=O) groups is 1. The van der Waals surface area contributed by atoms with Crippen LogP contribution in [0, 0.1) is 6.92 Å². The zero-order valence-electron chi connectivity index (χ0n) is 12.0. The average molecular weight is 309 g/mol. The Labute approximate surface area is 128 Å². The van der Waals surface area contributed by atoms with E-state index in [0.717, 1.165) is 11.1 Å². The standard InChI is InChI=1S/C15H11N5O3/c1-7-9-3-2-8(4-12(9)23-19-7)11-5-13(21)20-15(18-11)10(6-17-20)14(16)22/h2-6,17H,1H3,(H2,16,22). The van der Waals surface area contributed by atoms with Crippen LogP contribution in [0.3, 0.4) is 0 Å². The van der Waals surface area contributed by atoms with E-state index < -0.39 is 5.91 Å². The molecule has 114 valence electrons. The van der Waals surface area contributed by atoms with E-state index in [-0.39, 0.29) is 16.8 Å². The number of amides is 1. The predicted octanol–water partition coefficient (Wildman–Crippen LogP) is 1.24. The van der Waals surface area contributed by atoms with Crippen molar-refractivity contribution in [3.8, 4) is 11.3 Å². The Morgan fingerprint density at radius 1 is 1.35 bits per heavy atom. The van der Waals surface area contributed by atoms with Crippen LogP contribution < -0.4 is 11.3 Å². The number of H-pyrrole nitrogens is 1. The summed E-state index contributed by atoms with van der Waals surface area (Å²) in [5.41, 5.74) is 7.80. The van der Waals surface area contributed by atoms with Gasteiger partial charge in [0, 0.05) is 23.2 Å². The minimum Gasteiger partial charge on any atom is -0.365 e. The summed E-state index contributed by atoms with van der Waals surface area (Å²) in [4.78, 5) is 28.0. The van der Waals surface area contributed by atoms with Crippen LogP contribution in [0.2, 0.25) is 0 Å². The Morgan fingerprint density at radius 2 is 2.17 bits per heavy atom. The van der Waals surface area contributed by atoms with Gasteiger partial charge in [-0.1, -0.05) is 11.2 Å². The van der Waals surface area contributed by atoms with Gasteiger partial charge in [0.2, 0.25) is 0 Å². The molecule has 1 aromatic carbocycles. The molecule has 4 aromatic rings. The number of nitrogens with one attached hydrogen (secondary N) is 1. The lowest BCUT2D eigenvalue weighted by Gasteiger charge is -2.02. The van der Waals surface area contributed by atoms with E-state index in [1.165, 1.54) is 16.8 Å². The number of primary amides is 1. The number of carbonyl (C=O) groups excluding carboxylic acids is 1. The summed E-state index contributed by atoms with van der Waals surface area (Å²) in [5.74, 6) is -0.658. The van der Waals surface area contributed by atoms with E-state index in [1.807, 2.05) is 19.1 Å². The Hall–Kier alpha value is -3.42. The zero-order chi connectivity index (χ0) is 16.1. The molecular weight excluding hydrogens is 298 g/mol. The second kappa shape index (κ2) is 4.54. The van der Waals surface area contributed by atoms with Gasteiger partial charge in [-0.15, -0.1) is 0 Å². The van der Waals surface area contributed by atoms with E-state index in [0.29, 0.717) is 16.8 Å². The lowest BCUT2D eigenvalue weighted by Crippen LogP contribution is -2.16. The van der Waals surface area contributed by atoms with Gasteiger partial charge in [0.15, 0.2) is 11.2 Å². The van der Waals surface area contributed by atoms with Crippen LogP contribution in [0.15, 0.2) is 39.8 Å². The first kappa shape index (κ1) is 13.3. The minimum absolute atomic E-state index is 0.153. The number of hydrogen-bond acceptors (Lipinski definition) is 5. The molecule has 0 spiro atoms. The number of rotatable bonds is 2. The Bertz CT molecular complexity index is 1140. The topological polar surface area (TPSA) is 119 Å². The van der Waals surface area contributed by atoms with Gasteiger partial charge in [-0.05, 0) is 19.1 Å². The normalized spacial score (nSPS) is 11.3. The minimum atomic E-state index is -0.658. The molecule has 3 aromatic heterocycles. The molecular formula is C15H11N5O3. The molecule has 0 radical (unpaired) electrons. The van der Waals surface area contributed by atoms with Crippen LogP contribution in [0.5, 0.6) is 0 Å². The van der Waals surface area contributed by atoms with Crippen LogP contribution in [0.4, 0.5) is 0 Å². The monoisotopic (exact) mass is 309 g/mol. The highest BCUT2D eigenvalue weighted by atomic mass is 16.5. The molecule has 0 fully saturated rings. The van der Waals surface area contributed by atoms with Crippen LogP contribution in [-0.4, -0.2) is 25.7 Å². The van der Waals surface area contributed by atoms with Crippen LogP contribution >= 0.6 is 0 Å². The number of nitrogens with zero attached hydrogens (tertiary/aromatic N) is 3. The SMILES string of the molecule is Cc1noc2cc(-c3cc(=O)n4[nH]cc(C(N)=O)c4n3)ccc12. The zero-order valence-corrected chi connectivity index (χ0v) is 12.0. The molecule has 8 heteroatoms. The fourth-order valence-corrected chi connectivity index (χ4v) is 2.53. The van der Waals surface area contributed by atoms with Gasteiger partial charge in [0.05, 0.1) is 11.4 Å². The summed E-state index contributed by atoms with van der Waals surface area (Å²) in [6.07, 6.45) is 1.36. The first-order valence-electron chi connectivity index (χ1n) is 6.82. The molecule has 0 atom stereocenters. The van der Waals surface area contributed by atoms with Gasteiger partial charge in [0.25, 0.3) is 11.5 Å². The summed E-state index contributed by atoms with van der Waals surface area (Å²) < 4.78 is 6.40. The maximum atomic E-state index is 12.2. The van der Waals surface area contributed by atoms with Gasteiger partial charge in [-0.2, -0.15) is 0 Å². The fraction of sp³-hybridized carbons (Fsp3) is 0.0667. The maximum absolute atomic E-state index is 12.2. The largest absolute Gasteiger partial charge is 0.365 e. The van der Waals surface area contributed by atoms with Gasteiger partial charge >= 0.3 is 0 Å². The molecule has 8 nitrogen and oxygen atoms in total. The van der Waals surface area contributed by atoms with Crippen molar-refractivity contribution in [2.45, 2.75) is 6.92 Å². The van der Waals surface area contributed by atoms with Crippen molar-refractivity contribution in [3.05, 3.63) is 52.1 Å².